The summed E-state index contributed by atoms with van der Waals surface area (Å²) in [5.41, 5.74) is -3.25. The van der Waals surface area contributed by atoms with E-state index in [4.69, 9.17) is 4.55 Å². The number of aliphatic hydroxyl groups is 1. The summed E-state index contributed by atoms with van der Waals surface area (Å²) in [6.45, 7) is 1.67. The van der Waals surface area contributed by atoms with Crippen LogP contribution in [0, 0.1) is 5.41 Å². The molecule has 0 spiro atoms. The molecule has 0 unspecified atom stereocenters. The molecule has 2 N–H and O–H groups in total. The second-order valence-electron chi connectivity index (χ2n) is 5.38. The Hall–Kier alpha value is -0.340. The molecule has 4 nitrogen and oxygen atoms in total. The van der Waals surface area contributed by atoms with Crippen LogP contribution in [0.1, 0.15) is 39.0 Å². The van der Waals surface area contributed by atoms with Gasteiger partial charge in [0.25, 0.3) is 10.1 Å². The van der Waals surface area contributed by atoms with Crippen molar-refractivity contribution < 1.29 is 31.2 Å². The zero-order valence-electron chi connectivity index (χ0n) is 10.00. The summed E-state index contributed by atoms with van der Waals surface area (Å²) in [6.07, 6.45) is -5.26. The maximum atomic E-state index is 12.6. The van der Waals surface area contributed by atoms with E-state index >= 15 is 0 Å². The summed E-state index contributed by atoms with van der Waals surface area (Å²) in [7, 11) is -4.10. The Morgan fingerprint density at radius 3 is 1.94 bits per heavy atom. The lowest BCUT2D eigenvalue weighted by Crippen LogP contribution is -2.49. The molecule has 0 bridgehead atoms. The molecule has 0 radical (unpaired) electrons. The molecule has 0 amide bonds. The lowest BCUT2D eigenvalue weighted by atomic mass is 9.68. The van der Waals surface area contributed by atoms with Gasteiger partial charge in [-0.05, 0) is 37.5 Å². The van der Waals surface area contributed by atoms with E-state index < -0.39 is 45.9 Å². The molecule has 0 saturated heterocycles. The molecule has 0 heterocycles. The van der Waals surface area contributed by atoms with Gasteiger partial charge >= 0.3 is 6.18 Å². The first-order chi connectivity index (χ1) is 7.87. The Morgan fingerprint density at radius 2 is 1.61 bits per heavy atom. The smallest absolute Gasteiger partial charge is 0.380 e. The van der Waals surface area contributed by atoms with Gasteiger partial charge in [-0.1, -0.05) is 6.92 Å². The van der Waals surface area contributed by atoms with Gasteiger partial charge in [0.1, 0.15) is 0 Å². The van der Waals surface area contributed by atoms with Crippen molar-refractivity contribution in [1.82, 2.24) is 0 Å². The third kappa shape index (κ3) is 3.83. The monoisotopic (exact) mass is 290 g/mol. The maximum Gasteiger partial charge on any atom is 0.417 e. The Labute approximate surface area is 104 Å². The molecule has 1 fully saturated rings. The highest BCUT2D eigenvalue weighted by atomic mass is 32.2. The topological polar surface area (TPSA) is 74.6 Å². The molecule has 8 heteroatoms. The van der Waals surface area contributed by atoms with E-state index in [1.54, 1.807) is 6.92 Å². The van der Waals surface area contributed by atoms with E-state index in [-0.39, 0.29) is 19.3 Å². The predicted molar refractivity (Wildman–Crippen MR) is 58.6 cm³/mol. The van der Waals surface area contributed by atoms with Gasteiger partial charge in [-0.3, -0.25) is 4.55 Å². The van der Waals surface area contributed by atoms with E-state index in [0.717, 1.165) is 0 Å². The van der Waals surface area contributed by atoms with Gasteiger partial charge in [-0.2, -0.15) is 21.6 Å². The quantitative estimate of drug-likeness (QED) is 0.781. The zero-order valence-corrected chi connectivity index (χ0v) is 10.8. The van der Waals surface area contributed by atoms with Gasteiger partial charge in [0.05, 0.1) is 5.75 Å². The van der Waals surface area contributed by atoms with Gasteiger partial charge in [0.15, 0.2) is 5.60 Å². The Balaban J connectivity index is 2.63. The molecule has 0 aromatic rings. The van der Waals surface area contributed by atoms with Gasteiger partial charge in [0, 0.05) is 0 Å². The highest BCUT2D eigenvalue weighted by molar-refractivity contribution is 7.85. The lowest BCUT2D eigenvalue weighted by molar-refractivity contribution is -0.275. The lowest BCUT2D eigenvalue weighted by Gasteiger charge is -2.42. The SMILES string of the molecule is CC1(CCS(=O)(=O)O)CCC(O)(C(F)(F)F)CC1. The van der Waals surface area contributed by atoms with Crippen molar-refractivity contribution in [2.24, 2.45) is 5.41 Å². The van der Waals surface area contributed by atoms with E-state index in [9.17, 15) is 26.7 Å². The molecule has 1 aliphatic carbocycles. The summed E-state index contributed by atoms with van der Waals surface area (Å²) in [4.78, 5) is 0. The standard InChI is InChI=1S/C10H17F3O4S/c1-8(6-7-18(15,16)17)2-4-9(14,5-3-8)10(11,12)13/h14H,2-7H2,1H3,(H,15,16,17). The first-order valence-corrected chi connectivity index (χ1v) is 7.22. The van der Waals surface area contributed by atoms with Crippen LogP contribution in [0.25, 0.3) is 0 Å². The van der Waals surface area contributed by atoms with Crippen LogP contribution in [0.5, 0.6) is 0 Å². The minimum Gasteiger partial charge on any atom is -0.380 e. The van der Waals surface area contributed by atoms with Crippen molar-refractivity contribution in [3.05, 3.63) is 0 Å². The van der Waals surface area contributed by atoms with E-state index in [2.05, 4.69) is 0 Å². The number of hydrogen-bond acceptors (Lipinski definition) is 3. The number of alkyl halides is 3. The molecule has 1 saturated carbocycles. The van der Waals surface area contributed by atoms with Crippen LogP contribution in [-0.2, 0) is 10.1 Å². The molecule has 108 valence electrons. The molecule has 0 atom stereocenters. The van der Waals surface area contributed by atoms with Crippen LogP contribution in [-0.4, -0.2) is 35.6 Å². The minimum atomic E-state index is -4.66. The highest BCUT2D eigenvalue weighted by Crippen LogP contribution is 2.48. The van der Waals surface area contributed by atoms with Crippen molar-refractivity contribution in [1.29, 1.82) is 0 Å². The second kappa shape index (κ2) is 4.64. The van der Waals surface area contributed by atoms with Gasteiger partial charge in [0.2, 0.25) is 0 Å². The van der Waals surface area contributed by atoms with Crippen molar-refractivity contribution in [2.75, 3.05) is 5.75 Å². The fraction of sp³-hybridized carbons (Fsp3) is 1.00. The minimum absolute atomic E-state index is 0.0819. The van der Waals surface area contributed by atoms with Gasteiger partial charge in [-0.15, -0.1) is 0 Å². The normalized spacial score (nSPS) is 34.6. The van der Waals surface area contributed by atoms with Crippen molar-refractivity contribution >= 4 is 10.1 Å². The number of hydrogen-bond donors (Lipinski definition) is 2. The largest absolute Gasteiger partial charge is 0.417 e. The van der Waals surface area contributed by atoms with Gasteiger partial charge in [-0.25, -0.2) is 0 Å². The second-order valence-corrected chi connectivity index (χ2v) is 6.95. The first kappa shape index (κ1) is 15.7. The summed E-state index contributed by atoms with van der Waals surface area (Å²) in [6, 6.07) is 0. The Bertz CT molecular complexity index is 394. The van der Waals surface area contributed by atoms with Crippen LogP contribution < -0.4 is 0 Å². The van der Waals surface area contributed by atoms with Crippen molar-refractivity contribution in [2.45, 2.75) is 50.8 Å². The molecule has 0 aromatic heterocycles. The Kier molecular flexibility index (Phi) is 4.06. The third-order valence-electron chi connectivity index (χ3n) is 3.78. The zero-order chi connectivity index (χ0) is 14.2. The Morgan fingerprint density at radius 1 is 1.17 bits per heavy atom. The van der Waals surface area contributed by atoms with E-state index in [0.29, 0.717) is 0 Å². The van der Waals surface area contributed by atoms with Crippen molar-refractivity contribution in [3.8, 4) is 0 Å². The number of halogens is 3. The van der Waals surface area contributed by atoms with E-state index in [1.807, 2.05) is 0 Å². The summed E-state index contributed by atoms with van der Waals surface area (Å²) < 4.78 is 67.6. The van der Waals surface area contributed by atoms with Crippen LogP contribution in [0.15, 0.2) is 0 Å². The first-order valence-electron chi connectivity index (χ1n) is 5.61. The van der Waals surface area contributed by atoms with Gasteiger partial charge < -0.3 is 5.11 Å². The predicted octanol–water partition coefficient (Wildman–Crippen LogP) is 2.14. The molecule has 1 aliphatic rings. The summed E-state index contributed by atoms with van der Waals surface area (Å²) in [5, 5.41) is 9.48. The molecule has 0 aliphatic heterocycles. The average molecular weight is 290 g/mol. The van der Waals surface area contributed by atoms with Crippen LogP contribution in [0.3, 0.4) is 0 Å². The van der Waals surface area contributed by atoms with Crippen LogP contribution >= 0.6 is 0 Å². The van der Waals surface area contributed by atoms with Crippen LogP contribution in [0.4, 0.5) is 13.2 Å². The van der Waals surface area contributed by atoms with E-state index in [1.165, 1.54) is 0 Å². The average Bonchev–Trinajstić information content (AvgIpc) is 2.18. The molecular formula is C10H17F3O4S. The fourth-order valence-electron chi connectivity index (χ4n) is 2.18. The third-order valence-corrected chi connectivity index (χ3v) is 4.50. The van der Waals surface area contributed by atoms with Crippen molar-refractivity contribution in [3.63, 3.8) is 0 Å². The fourth-order valence-corrected chi connectivity index (χ4v) is 2.93. The van der Waals surface area contributed by atoms with Crippen LogP contribution in [0.2, 0.25) is 0 Å². The molecule has 0 aromatic carbocycles. The highest BCUT2D eigenvalue weighted by Gasteiger charge is 2.56. The molecule has 18 heavy (non-hydrogen) atoms. The summed E-state index contributed by atoms with van der Waals surface area (Å²) in [5.74, 6) is -0.464. The number of rotatable bonds is 3. The summed E-state index contributed by atoms with van der Waals surface area (Å²) >= 11 is 0. The maximum absolute atomic E-state index is 12.6. The molecular weight excluding hydrogens is 273 g/mol. The molecule has 1 rings (SSSR count).